The molecule has 1 aromatic carbocycles. The van der Waals surface area contributed by atoms with Crippen molar-refractivity contribution in [2.45, 2.75) is 28.8 Å². The van der Waals surface area contributed by atoms with Gasteiger partial charge in [0.25, 0.3) is 0 Å². The lowest BCUT2D eigenvalue weighted by atomic mass is 10.1. The van der Waals surface area contributed by atoms with Crippen LogP contribution in [0.3, 0.4) is 0 Å². The van der Waals surface area contributed by atoms with Gasteiger partial charge in [-0.3, -0.25) is 10.0 Å². The van der Waals surface area contributed by atoms with Crippen molar-refractivity contribution in [2.75, 3.05) is 32.5 Å². The highest BCUT2D eigenvalue weighted by Gasteiger charge is 2.24. The van der Waals surface area contributed by atoms with Gasteiger partial charge in [0, 0.05) is 37.2 Å². The summed E-state index contributed by atoms with van der Waals surface area (Å²) in [5, 5.41) is 7.38. The summed E-state index contributed by atoms with van der Waals surface area (Å²) in [6.45, 7) is 3.36. The minimum absolute atomic E-state index is 0.0236. The van der Waals surface area contributed by atoms with E-state index in [-0.39, 0.29) is 12.3 Å². The number of rotatable bonds is 5. The van der Waals surface area contributed by atoms with Gasteiger partial charge in [-0.2, -0.15) is 0 Å². The molecule has 2 aliphatic rings. The maximum Gasteiger partial charge on any atom is 0.175 e. The molecular weight excluding hydrogens is 334 g/mol. The highest BCUT2D eigenvalue weighted by Crippen LogP contribution is 2.21. The lowest BCUT2D eigenvalue weighted by Gasteiger charge is -2.32. The zero-order chi connectivity index (χ0) is 16.3. The van der Waals surface area contributed by atoms with Gasteiger partial charge in [-0.25, -0.2) is 8.42 Å². The summed E-state index contributed by atoms with van der Waals surface area (Å²) in [7, 11) is -3.15. The first-order chi connectivity index (χ1) is 11.0. The minimum atomic E-state index is -3.15. The molecule has 0 spiro atoms. The monoisotopic (exact) mass is 357 g/mol. The highest BCUT2D eigenvalue weighted by molar-refractivity contribution is 7.98. The van der Waals surface area contributed by atoms with Gasteiger partial charge in [0.1, 0.15) is 6.23 Å². The number of hydrogen-bond acceptors (Lipinski definition) is 7. The quantitative estimate of drug-likeness (QED) is 0.669. The normalized spacial score (nSPS) is 28.8. The Morgan fingerprint density at radius 3 is 2.70 bits per heavy atom. The van der Waals surface area contributed by atoms with E-state index in [1.807, 2.05) is 12.1 Å². The molecule has 0 aromatic heterocycles. The minimum Gasteiger partial charge on any atom is -0.361 e. The van der Waals surface area contributed by atoms with Crippen LogP contribution in [0.25, 0.3) is 0 Å². The second-order valence-electron chi connectivity index (χ2n) is 5.96. The summed E-state index contributed by atoms with van der Waals surface area (Å²) in [5.41, 5.74) is 1.06. The number of nitrogens with one attached hydrogen (secondary N) is 3. The maximum atomic E-state index is 11.5. The molecule has 2 saturated heterocycles. The molecule has 0 saturated carbocycles. The van der Waals surface area contributed by atoms with E-state index in [0.29, 0.717) is 10.1 Å². The van der Waals surface area contributed by atoms with Crippen LogP contribution in [-0.2, 0) is 14.6 Å². The van der Waals surface area contributed by atoms with Gasteiger partial charge in [0.05, 0.1) is 11.5 Å². The molecule has 2 fully saturated rings. The van der Waals surface area contributed by atoms with Crippen LogP contribution in [0.1, 0.15) is 18.0 Å². The second kappa shape index (κ2) is 7.50. The zero-order valence-corrected chi connectivity index (χ0v) is 14.8. The van der Waals surface area contributed by atoms with E-state index in [1.54, 1.807) is 24.1 Å². The molecule has 3 atom stereocenters. The van der Waals surface area contributed by atoms with Crippen LogP contribution in [0.15, 0.2) is 29.2 Å². The topological polar surface area (TPSA) is 79.5 Å². The summed E-state index contributed by atoms with van der Waals surface area (Å²) >= 11 is 1.75. The predicted molar refractivity (Wildman–Crippen MR) is 92.0 cm³/mol. The predicted octanol–water partition coefficient (Wildman–Crippen LogP) is 0.677. The van der Waals surface area contributed by atoms with Crippen molar-refractivity contribution in [3.63, 3.8) is 0 Å². The third-order valence-corrected chi connectivity index (χ3v) is 6.28. The van der Waals surface area contributed by atoms with Gasteiger partial charge in [0.2, 0.25) is 0 Å². The van der Waals surface area contributed by atoms with Crippen molar-refractivity contribution in [3.05, 3.63) is 29.8 Å². The SMILES string of the molecule is CS(=O)(=O)c1ccc(C2CNCC(OCC3CCNS3)N2)cc1. The van der Waals surface area contributed by atoms with Crippen molar-refractivity contribution >= 4 is 21.8 Å². The summed E-state index contributed by atoms with van der Waals surface area (Å²) in [5.74, 6) is 0. The smallest absolute Gasteiger partial charge is 0.175 e. The lowest BCUT2D eigenvalue weighted by molar-refractivity contribution is 0.00975. The van der Waals surface area contributed by atoms with Gasteiger partial charge < -0.3 is 10.1 Å². The van der Waals surface area contributed by atoms with Crippen molar-refractivity contribution in [3.8, 4) is 0 Å². The number of piperazine rings is 1. The Balaban J connectivity index is 1.57. The van der Waals surface area contributed by atoms with Crippen molar-refractivity contribution in [1.29, 1.82) is 0 Å². The van der Waals surface area contributed by atoms with Crippen molar-refractivity contribution in [1.82, 2.24) is 15.4 Å². The highest BCUT2D eigenvalue weighted by atomic mass is 32.2. The molecule has 23 heavy (non-hydrogen) atoms. The first-order valence-electron chi connectivity index (χ1n) is 7.79. The lowest BCUT2D eigenvalue weighted by Crippen LogP contribution is -2.51. The molecule has 1 aromatic rings. The largest absolute Gasteiger partial charge is 0.361 e. The van der Waals surface area contributed by atoms with E-state index in [2.05, 4.69) is 15.4 Å². The van der Waals surface area contributed by atoms with Gasteiger partial charge in [-0.05, 0) is 24.1 Å². The average Bonchev–Trinajstić information content (AvgIpc) is 3.06. The molecule has 0 radical (unpaired) electrons. The molecule has 2 heterocycles. The Morgan fingerprint density at radius 1 is 1.26 bits per heavy atom. The number of sulfone groups is 1. The number of hydrogen-bond donors (Lipinski definition) is 3. The molecular formula is C15H23N3O3S2. The Bertz CT molecular complexity index is 615. The van der Waals surface area contributed by atoms with E-state index in [0.717, 1.165) is 38.2 Å². The molecule has 128 valence electrons. The summed E-state index contributed by atoms with van der Waals surface area (Å²) in [6.07, 6.45) is 2.34. The van der Waals surface area contributed by atoms with Gasteiger partial charge in [0.15, 0.2) is 9.84 Å². The Kier molecular flexibility index (Phi) is 5.61. The summed E-state index contributed by atoms with van der Waals surface area (Å²) < 4.78 is 32.3. The molecule has 8 heteroatoms. The van der Waals surface area contributed by atoms with E-state index in [9.17, 15) is 8.42 Å². The maximum absolute atomic E-state index is 11.5. The summed E-state index contributed by atoms with van der Waals surface area (Å²) in [6, 6.07) is 7.19. The molecule has 3 rings (SSSR count). The van der Waals surface area contributed by atoms with E-state index in [4.69, 9.17) is 4.74 Å². The van der Waals surface area contributed by atoms with Crippen LogP contribution in [0.5, 0.6) is 0 Å². The standard InChI is InChI=1S/C15H23N3O3S2/c1-23(19,20)13-4-2-11(3-5-13)14-8-16-9-15(18-14)21-10-12-6-7-17-22-12/h2-5,12,14-18H,6-10H2,1H3. The molecule has 0 bridgehead atoms. The first kappa shape index (κ1) is 17.2. The Hall–Kier alpha value is -0.640. The van der Waals surface area contributed by atoms with Gasteiger partial charge in [-0.15, -0.1) is 0 Å². The van der Waals surface area contributed by atoms with Crippen LogP contribution < -0.4 is 15.4 Å². The fourth-order valence-electron chi connectivity index (χ4n) is 2.77. The molecule has 6 nitrogen and oxygen atoms in total. The van der Waals surface area contributed by atoms with Crippen LogP contribution >= 0.6 is 11.9 Å². The average molecular weight is 358 g/mol. The van der Waals surface area contributed by atoms with Crippen LogP contribution in [0.4, 0.5) is 0 Å². The fraction of sp³-hybridized carbons (Fsp3) is 0.600. The number of benzene rings is 1. The van der Waals surface area contributed by atoms with Crippen LogP contribution in [0.2, 0.25) is 0 Å². The third kappa shape index (κ3) is 4.68. The van der Waals surface area contributed by atoms with Crippen molar-refractivity contribution < 1.29 is 13.2 Å². The molecule has 0 amide bonds. The van der Waals surface area contributed by atoms with Gasteiger partial charge >= 0.3 is 0 Å². The van der Waals surface area contributed by atoms with Crippen LogP contribution in [0, 0.1) is 0 Å². The first-order valence-corrected chi connectivity index (χ1v) is 10.6. The second-order valence-corrected chi connectivity index (χ2v) is 9.17. The third-order valence-electron chi connectivity index (χ3n) is 4.08. The van der Waals surface area contributed by atoms with Gasteiger partial charge in [-0.1, -0.05) is 24.1 Å². The van der Waals surface area contributed by atoms with Crippen molar-refractivity contribution in [2.24, 2.45) is 0 Å². The fourth-order valence-corrected chi connectivity index (χ4v) is 4.25. The van der Waals surface area contributed by atoms with E-state index < -0.39 is 9.84 Å². The molecule has 3 unspecified atom stereocenters. The Labute approximate surface area is 141 Å². The zero-order valence-electron chi connectivity index (χ0n) is 13.1. The number of ether oxygens (including phenoxy) is 1. The Morgan fingerprint density at radius 2 is 2.04 bits per heavy atom. The molecule has 2 aliphatic heterocycles. The molecule has 3 N–H and O–H groups in total. The van der Waals surface area contributed by atoms with E-state index in [1.165, 1.54) is 6.26 Å². The van der Waals surface area contributed by atoms with E-state index >= 15 is 0 Å². The van der Waals surface area contributed by atoms with Crippen LogP contribution in [-0.4, -0.2) is 52.4 Å². The molecule has 0 aliphatic carbocycles. The summed E-state index contributed by atoms with van der Waals surface area (Å²) in [4.78, 5) is 0.351.